The molecule has 1 aromatic heterocycles. The van der Waals surface area contributed by atoms with Crippen molar-refractivity contribution in [3.05, 3.63) is 24.0 Å². The van der Waals surface area contributed by atoms with Gasteiger partial charge in [-0.3, -0.25) is 0 Å². The van der Waals surface area contributed by atoms with Crippen molar-refractivity contribution < 1.29 is 13.5 Å². The maximum Gasteiger partial charge on any atom is 0.243 e. The Hall–Kier alpha value is -1.49. The summed E-state index contributed by atoms with van der Waals surface area (Å²) in [6.07, 6.45) is 2.16. The van der Waals surface area contributed by atoms with E-state index in [1.165, 1.54) is 18.3 Å². The Morgan fingerprint density at radius 2 is 2.10 bits per heavy atom. The van der Waals surface area contributed by atoms with Crippen LogP contribution in [0.4, 0.5) is 0 Å². The number of pyridine rings is 1. The zero-order valence-corrected chi connectivity index (χ0v) is 12.4. The molecule has 1 atom stereocenters. The third-order valence-electron chi connectivity index (χ3n) is 3.24. The highest BCUT2D eigenvalue weighted by atomic mass is 32.2. The SMILES string of the molecule is CCC(CC)C(O)CNS(=O)(=O)c1cccnc1C#N. The number of sulfonamides is 1. The second kappa shape index (κ2) is 7.33. The summed E-state index contributed by atoms with van der Waals surface area (Å²) in [5, 5.41) is 18.8. The average molecular weight is 297 g/mol. The van der Waals surface area contributed by atoms with E-state index in [1.54, 1.807) is 6.07 Å². The van der Waals surface area contributed by atoms with Gasteiger partial charge in [0.2, 0.25) is 10.0 Å². The van der Waals surface area contributed by atoms with Crippen LogP contribution in [0.1, 0.15) is 32.4 Å². The Balaban J connectivity index is 2.84. The molecule has 0 aliphatic heterocycles. The van der Waals surface area contributed by atoms with Gasteiger partial charge in [0.25, 0.3) is 0 Å². The lowest BCUT2D eigenvalue weighted by Gasteiger charge is -2.20. The van der Waals surface area contributed by atoms with Crippen molar-refractivity contribution in [3.63, 3.8) is 0 Å². The van der Waals surface area contributed by atoms with E-state index in [2.05, 4.69) is 9.71 Å². The average Bonchev–Trinajstić information content (AvgIpc) is 2.46. The maximum absolute atomic E-state index is 12.1. The number of aliphatic hydroxyl groups is 1. The van der Waals surface area contributed by atoms with Crippen molar-refractivity contribution in [2.75, 3.05) is 6.54 Å². The highest BCUT2D eigenvalue weighted by molar-refractivity contribution is 7.89. The topological polar surface area (TPSA) is 103 Å². The smallest absolute Gasteiger partial charge is 0.243 e. The number of rotatable bonds is 7. The predicted octanol–water partition coefficient (Wildman–Crippen LogP) is 1.03. The van der Waals surface area contributed by atoms with E-state index < -0.39 is 16.1 Å². The van der Waals surface area contributed by atoms with Gasteiger partial charge in [-0.2, -0.15) is 5.26 Å². The van der Waals surface area contributed by atoms with Gasteiger partial charge in [0.15, 0.2) is 5.69 Å². The highest BCUT2D eigenvalue weighted by Crippen LogP contribution is 2.15. The van der Waals surface area contributed by atoms with E-state index in [9.17, 15) is 13.5 Å². The minimum Gasteiger partial charge on any atom is -0.391 e. The van der Waals surface area contributed by atoms with Gasteiger partial charge in [0.05, 0.1) is 6.10 Å². The second-order valence-electron chi connectivity index (χ2n) is 4.46. The molecule has 1 aromatic rings. The zero-order chi connectivity index (χ0) is 15.2. The summed E-state index contributed by atoms with van der Waals surface area (Å²) in [5.74, 6) is 0.0436. The van der Waals surface area contributed by atoms with Gasteiger partial charge in [-0.15, -0.1) is 0 Å². The van der Waals surface area contributed by atoms with Gasteiger partial charge in [-0.05, 0) is 18.1 Å². The largest absolute Gasteiger partial charge is 0.391 e. The highest BCUT2D eigenvalue weighted by Gasteiger charge is 2.22. The molecule has 0 aliphatic carbocycles. The number of nitriles is 1. The van der Waals surface area contributed by atoms with E-state index in [1.807, 2.05) is 13.8 Å². The number of hydrogen-bond donors (Lipinski definition) is 2. The van der Waals surface area contributed by atoms with Crippen LogP contribution >= 0.6 is 0 Å². The Kier molecular flexibility index (Phi) is 6.07. The fourth-order valence-electron chi connectivity index (χ4n) is 1.96. The fraction of sp³-hybridized carbons (Fsp3) is 0.538. The molecule has 0 bridgehead atoms. The van der Waals surface area contributed by atoms with Crippen LogP contribution in [-0.2, 0) is 10.0 Å². The molecule has 0 amide bonds. The fourth-order valence-corrected chi connectivity index (χ4v) is 3.12. The van der Waals surface area contributed by atoms with Gasteiger partial charge in [0, 0.05) is 12.7 Å². The molecule has 0 saturated heterocycles. The first-order valence-electron chi connectivity index (χ1n) is 6.49. The number of nitrogens with one attached hydrogen (secondary N) is 1. The molecule has 1 heterocycles. The van der Waals surface area contributed by atoms with Gasteiger partial charge < -0.3 is 5.11 Å². The van der Waals surface area contributed by atoms with E-state index >= 15 is 0 Å². The molecule has 110 valence electrons. The molecular weight excluding hydrogens is 278 g/mol. The molecule has 20 heavy (non-hydrogen) atoms. The lowest BCUT2D eigenvalue weighted by Crippen LogP contribution is -2.36. The second-order valence-corrected chi connectivity index (χ2v) is 6.19. The Morgan fingerprint density at radius 3 is 2.65 bits per heavy atom. The van der Waals surface area contributed by atoms with Crippen LogP contribution in [0.5, 0.6) is 0 Å². The van der Waals surface area contributed by atoms with Gasteiger partial charge in [-0.1, -0.05) is 26.7 Å². The van der Waals surface area contributed by atoms with E-state index in [-0.39, 0.29) is 23.1 Å². The van der Waals surface area contributed by atoms with Crippen LogP contribution in [0.3, 0.4) is 0 Å². The van der Waals surface area contributed by atoms with Crippen LogP contribution in [0, 0.1) is 17.2 Å². The van der Waals surface area contributed by atoms with Crippen LogP contribution in [0.25, 0.3) is 0 Å². The van der Waals surface area contributed by atoms with Crippen LogP contribution in [0.2, 0.25) is 0 Å². The van der Waals surface area contributed by atoms with Crippen molar-refractivity contribution in [2.24, 2.45) is 5.92 Å². The van der Waals surface area contributed by atoms with Crippen molar-refractivity contribution in [2.45, 2.75) is 37.7 Å². The van der Waals surface area contributed by atoms with Crippen LogP contribution in [-0.4, -0.2) is 31.2 Å². The minimum absolute atomic E-state index is 0.0436. The molecule has 0 fully saturated rings. The van der Waals surface area contributed by atoms with Crippen molar-refractivity contribution in [3.8, 4) is 6.07 Å². The summed E-state index contributed by atoms with van der Waals surface area (Å²) in [4.78, 5) is 3.55. The molecule has 0 radical (unpaired) electrons. The lowest BCUT2D eigenvalue weighted by atomic mass is 9.97. The monoisotopic (exact) mass is 297 g/mol. The molecule has 7 heteroatoms. The first-order valence-corrected chi connectivity index (χ1v) is 7.97. The van der Waals surface area contributed by atoms with Gasteiger partial charge in [0.1, 0.15) is 11.0 Å². The first-order chi connectivity index (χ1) is 9.46. The maximum atomic E-state index is 12.1. The summed E-state index contributed by atoms with van der Waals surface area (Å²) < 4.78 is 26.5. The lowest BCUT2D eigenvalue weighted by molar-refractivity contribution is 0.107. The Labute approximate surface area is 119 Å². The summed E-state index contributed by atoms with van der Waals surface area (Å²) in [7, 11) is -3.84. The normalized spacial score (nSPS) is 13.2. The van der Waals surface area contributed by atoms with E-state index in [4.69, 9.17) is 5.26 Å². The van der Waals surface area contributed by atoms with Crippen molar-refractivity contribution in [1.82, 2.24) is 9.71 Å². The van der Waals surface area contributed by atoms with Crippen molar-refractivity contribution >= 4 is 10.0 Å². The molecule has 0 spiro atoms. The number of aromatic nitrogens is 1. The minimum atomic E-state index is -3.84. The first kappa shape index (κ1) is 16.6. The molecule has 1 unspecified atom stereocenters. The molecule has 0 saturated carbocycles. The zero-order valence-electron chi connectivity index (χ0n) is 11.6. The predicted molar refractivity (Wildman–Crippen MR) is 74.2 cm³/mol. The van der Waals surface area contributed by atoms with Crippen molar-refractivity contribution in [1.29, 1.82) is 5.26 Å². The van der Waals surface area contributed by atoms with E-state index in [0.717, 1.165) is 12.8 Å². The molecule has 0 aliphatic rings. The quantitative estimate of drug-likeness (QED) is 0.782. The van der Waals surface area contributed by atoms with Crippen LogP contribution in [0.15, 0.2) is 23.2 Å². The summed E-state index contributed by atoms with van der Waals surface area (Å²) in [6.45, 7) is 3.82. The number of aliphatic hydroxyl groups excluding tert-OH is 1. The standard InChI is InChI=1S/C13H19N3O3S/c1-3-10(4-2)12(17)9-16-20(18,19)13-6-5-7-15-11(13)8-14/h5-7,10,12,16-17H,3-4,9H2,1-2H3. The number of hydrogen-bond acceptors (Lipinski definition) is 5. The van der Waals surface area contributed by atoms with Crippen LogP contribution < -0.4 is 4.72 Å². The molecule has 2 N–H and O–H groups in total. The summed E-state index contributed by atoms with van der Waals surface area (Å²) in [5.41, 5.74) is -0.156. The molecule has 6 nitrogen and oxygen atoms in total. The summed E-state index contributed by atoms with van der Waals surface area (Å²) in [6, 6.07) is 4.51. The van der Waals surface area contributed by atoms with E-state index in [0.29, 0.717) is 0 Å². The summed E-state index contributed by atoms with van der Waals surface area (Å²) >= 11 is 0. The van der Waals surface area contributed by atoms with Gasteiger partial charge in [-0.25, -0.2) is 18.1 Å². The molecular formula is C13H19N3O3S. The number of nitrogens with zero attached hydrogens (tertiary/aromatic N) is 2. The third-order valence-corrected chi connectivity index (χ3v) is 4.70. The Bertz CT molecular complexity index is 577. The molecule has 0 aromatic carbocycles. The van der Waals surface area contributed by atoms with Gasteiger partial charge >= 0.3 is 0 Å². The molecule has 1 rings (SSSR count). The third kappa shape index (κ3) is 4.00. The Morgan fingerprint density at radius 1 is 1.45 bits per heavy atom.